The van der Waals surface area contributed by atoms with Gasteiger partial charge in [0, 0.05) is 6.42 Å². The molecular formula is C8H16O4. The van der Waals surface area contributed by atoms with Gasteiger partial charge >= 0.3 is 5.97 Å². The Balaban J connectivity index is 0. The maximum atomic E-state index is 10.0. The van der Waals surface area contributed by atoms with Crippen molar-refractivity contribution in [3.8, 4) is 0 Å². The van der Waals surface area contributed by atoms with Gasteiger partial charge in [-0.15, -0.1) is 0 Å². The molecule has 0 amide bonds. The van der Waals surface area contributed by atoms with Gasteiger partial charge in [-0.25, -0.2) is 4.79 Å². The molecule has 0 aromatic rings. The highest BCUT2D eigenvalue weighted by atomic mass is 16.5. The number of carbonyl (C=O) groups excluding carboxylic acids is 2. The van der Waals surface area contributed by atoms with Crippen molar-refractivity contribution in [1.82, 2.24) is 0 Å². The van der Waals surface area contributed by atoms with E-state index in [4.69, 9.17) is 5.11 Å². The van der Waals surface area contributed by atoms with E-state index < -0.39 is 12.1 Å². The lowest BCUT2D eigenvalue weighted by Gasteiger charge is -1.97. The molecule has 0 fully saturated rings. The minimum atomic E-state index is -0.995. The van der Waals surface area contributed by atoms with E-state index in [1.165, 1.54) is 14.0 Å². The van der Waals surface area contributed by atoms with Crippen molar-refractivity contribution >= 4 is 11.8 Å². The van der Waals surface area contributed by atoms with Crippen LogP contribution in [0, 0.1) is 0 Å². The van der Waals surface area contributed by atoms with Gasteiger partial charge in [-0.2, -0.15) is 0 Å². The largest absolute Gasteiger partial charge is 0.467 e. The summed E-state index contributed by atoms with van der Waals surface area (Å²) in [6.07, 6.45) is -0.329. The number of methoxy groups -OCH3 is 1. The molecule has 1 atom stereocenters. The van der Waals surface area contributed by atoms with Crippen LogP contribution < -0.4 is 0 Å². The first-order chi connectivity index (χ1) is 5.45. The van der Waals surface area contributed by atoms with Crippen LogP contribution in [0.1, 0.15) is 27.2 Å². The number of aliphatic hydroxyl groups excluding tert-OH is 1. The molecule has 4 heteroatoms. The van der Waals surface area contributed by atoms with Crippen molar-refractivity contribution in [2.75, 3.05) is 7.11 Å². The molecule has 1 N–H and O–H groups in total. The molecule has 0 radical (unpaired) electrons. The Morgan fingerprint density at radius 1 is 1.50 bits per heavy atom. The molecule has 0 aliphatic rings. The number of ketones is 1. The van der Waals surface area contributed by atoms with Crippen molar-refractivity contribution in [3.05, 3.63) is 0 Å². The van der Waals surface area contributed by atoms with Crippen molar-refractivity contribution in [2.45, 2.75) is 33.3 Å². The summed E-state index contributed by atoms with van der Waals surface area (Å²) in [5, 5.41) is 8.35. The van der Waals surface area contributed by atoms with E-state index in [9.17, 15) is 9.59 Å². The van der Waals surface area contributed by atoms with E-state index in [1.807, 2.05) is 6.92 Å². The standard InChI is InChI=1S/C4H8O3.C4H8O/c1-3(5)4(6)7-2;1-3-4(2)5/h3,5H,1-2H3;3H2,1-2H3. The number of aliphatic hydroxyl groups is 1. The lowest BCUT2D eigenvalue weighted by Crippen LogP contribution is -2.16. The fourth-order valence-corrected chi connectivity index (χ4v) is 0.171. The first kappa shape index (κ1) is 13.7. The maximum absolute atomic E-state index is 10.0. The lowest BCUT2D eigenvalue weighted by molar-refractivity contribution is -0.149. The summed E-state index contributed by atoms with van der Waals surface area (Å²) in [5.41, 5.74) is 0. The molecule has 12 heavy (non-hydrogen) atoms. The van der Waals surface area contributed by atoms with Gasteiger partial charge < -0.3 is 14.6 Å². The van der Waals surface area contributed by atoms with Crippen molar-refractivity contribution < 1.29 is 19.4 Å². The highest BCUT2D eigenvalue weighted by Gasteiger charge is 2.05. The molecule has 0 bridgehead atoms. The lowest BCUT2D eigenvalue weighted by atomic mass is 10.4. The summed E-state index contributed by atoms with van der Waals surface area (Å²) in [5.74, 6) is -0.343. The molecule has 0 heterocycles. The molecule has 0 saturated heterocycles. The average molecular weight is 176 g/mol. The predicted molar refractivity (Wildman–Crippen MR) is 44.7 cm³/mol. The summed E-state index contributed by atoms with van der Waals surface area (Å²) in [4.78, 5) is 19.9. The zero-order valence-electron chi connectivity index (χ0n) is 7.96. The summed E-state index contributed by atoms with van der Waals surface area (Å²) < 4.78 is 4.12. The molecule has 0 saturated carbocycles. The summed E-state index contributed by atoms with van der Waals surface area (Å²) in [7, 11) is 1.23. The monoisotopic (exact) mass is 176 g/mol. The Morgan fingerprint density at radius 2 is 1.83 bits per heavy atom. The summed E-state index contributed by atoms with van der Waals surface area (Å²) in [6, 6.07) is 0. The van der Waals surface area contributed by atoms with Gasteiger partial charge in [-0.1, -0.05) is 6.92 Å². The van der Waals surface area contributed by atoms with Crippen molar-refractivity contribution in [3.63, 3.8) is 0 Å². The zero-order valence-corrected chi connectivity index (χ0v) is 7.96. The van der Waals surface area contributed by atoms with Crippen LogP contribution in [0.4, 0.5) is 0 Å². The molecule has 0 rings (SSSR count). The summed E-state index contributed by atoms with van der Waals surface area (Å²) >= 11 is 0. The third kappa shape index (κ3) is 11.8. The molecule has 1 unspecified atom stereocenters. The number of hydrogen-bond acceptors (Lipinski definition) is 4. The van der Waals surface area contributed by atoms with Crippen molar-refractivity contribution in [2.24, 2.45) is 0 Å². The van der Waals surface area contributed by atoms with Crippen LogP contribution in [0.2, 0.25) is 0 Å². The van der Waals surface area contributed by atoms with E-state index in [0.717, 1.165) is 0 Å². The Hall–Kier alpha value is -0.900. The molecule has 0 aromatic heterocycles. The molecule has 72 valence electrons. The van der Waals surface area contributed by atoms with Crippen molar-refractivity contribution in [1.29, 1.82) is 0 Å². The van der Waals surface area contributed by atoms with Crippen LogP contribution >= 0.6 is 0 Å². The molecule has 0 spiro atoms. The molecule has 0 aliphatic heterocycles. The first-order valence-electron chi connectivity index (χ1n) is 3.71. The number of rotatable bonds is 2. The van der Waals surface area contributed by atoms with Crippen LogP contribution in [0.3, 0.4) is 0 Å². The number of ether oxygens (including phenoxy) is 1. The zero-order chi connectivity index (χ0) is 10.1. The van der Waals surface area contributed by atoms with Gasteiger partial charge in [-0.05, 0) is 13.8 Å². The molecular weight excluding hydrogens is 160 g/mol. The van der Waals surface area contributed by atoms with Crippen LogP contribution in [-0.2, 0) is 14.3 Å². The number of esters is 1. The maximum Gasteiger partial charge on any atom is 0.334 e. The number of hydrogen-bond donors (Lipinski definition) is 1. The van der Waals surface area contributed by atoms with Gasteiger partial charge in [0.05, 0.1) is 7.11 Å². The second kappa shape index (κ2) is 8.20. The second-order valence-corrected chi connectivity index (χ2v) is 2.25. The van der Waals surface area contributed by atoms with Gasteiger partial charge in [0.25, 0.3) is 0 Å². The minimum Gasteiger partial charge on any atom is -0.467 e. The van der Waals surface area contributed by atoms with Crippen LogP contribution in [0.25, 0.3) is 0 Å². The van der Waals surface area contributed by atoms with E-state index in [-0.39, 0.29) is 5.78 Å². The Morgan fingerprint density at radius 3 is 1.83 bits per heavy atom. The average Bonchev–Trinajstić information content (AvgIpc) is 2.04. The smallest absolute Gasteiger partial charge is 0.334 e. The van der Waals surface area contributed by atoms with Crippen LogP contribution in [-0.4, -0.2) is 30.1 Å². The van der Waals surface area contributed by atoms with Crippen LogP contribution in [0.15, 0.2) is 0 Å². The molecule has 0 aliphatic carbocycles. The fraction of sp³-hybridized carbons (Fsp3) is 0.750. The van der Waals surface area contributed by atoms with E-state index in [0.29, 0.717) is 6.42 Å². The Labute approximate surface area is 72.5 Å². The molecule has 4 nitrogen and oxygen atoms in total. The fourth-order valence-electron chi connectivity index (χ4n) is 0.171. The van der Waals surface area contributed by atoms with E-state index >= 15 is 0 Å². The van der Waals surface area contributed by atoms with Crippen LogP contribution in [0.5, 0.6) is 0 Å². The molecule has 0 aromatic carbocycles. The quantitative estimate of drug-likeness (QED) is 0.623. The highest BCUT2D eigenvalue weighted by Crippen LogP contribution is 1.80. The number of Topliss-reactive ketones (excluding diaryl/α,β-unsaturated/α-hetero) is 1. The minimum absolute atomic E-state index is 0.255. The van der Waals surface area contributed by atoms with Gasteiger partial charge in [0.2, 0.25) is 0 Å². The normalized spacial score (nSPS) is 10.8. The second-order valence-electron chi connectivity index (χ2n) is 2.25. The SMILES string of the molecule is CCC(C)=O.COC(=O)C(C)O. The third-order valence-corrected chi connectivity index (χ3v) is 1.04. The third-order valence-electron chi connectivity index (χ3n) is 1.04. The summed E-state index contributed by atoms with van der Waals surface area (Å²) in [6.45, 7) is 4.79. The van der Waals surface area contributed by atoms with Gasteiger partial charge in [0.15, 0.2) is 0 Å². The van der Waals surface area contributed by atoms with Gasteiger partial charge in [-0.3, -0.25) is 0 Å². The Kier molecular flexibility index (Phi) is 9.34. The van der Waals surface area contributed by atoms with E-state index in [2.05, 4.69) is 4.74 Å². The van der Waals surface area contributed by atoms with E-state index in [1.54, 1.807) is 6.92 Å². The predicted octanol–water partition coefficient (Wildman–Crippen LogP) is 0.526. The Bertz CT molecular complexity index is 140. The first-order valence-corrected chi connectivity index (χ1v) is 3.71. The van der Waals surface area contributed by atoms with Gasteiger partial charge in [0.1, 0.15) is 11.9 Å². The topological polar surface area (TPSA) is 63.6 Å². The number of carbonyl (C=O) groups is 2. The highest BCUT2D eigenvalue weighted by molar-refractivity contribution is 5.74.